The second-order valence-corrected chi connectivity index (χ2v) is 4.41. The molecule has 0 amide bonds. The lowest BCUT2D eigenvalue weighted by Crippen LogP contribution is -2.38. The van der Waals surface area contributed by atoms with Crippen LogP contribution in [0.2, 0.25) is 0 Å². The highest BCUT2D eigenvalue weighted by atomic mass is 15.2. The Labute approximate surface area is 98.7 Å². The first-order valence-electron chi connectivity index (χ1n) is 5.98. The lowest BCUT2D eigenvalue weighted by molar-refractivity contribution is 0.166. The number of aromatic nitrogens is 1. The maximum Gasteiger partial charge on any atom is 0.0490 e. The van der Waals surface area contributed by atoms with Gasteiger partial charge in [-0.25, -0.2) is 0 Å². The summed E-state index contributed by atoms with van der Waals surface area (Å²) in [4.78, 5) is 6.61. The van der Waals surface area contributed by atoms with Crippen molar-refractivity contribution in [2.75, 3.05) is 13.1 Å². The van der Waals surface area contributed by atoms with Crippen molar-refractivity contribution in [3.63, 3.8) is 0 Å². The summed E-state index contributed by atoms with van der Waals surface area (Å²) in [6.07, 6.45) is 3.77. The molecule has 3 nitrogen and oxygen atoms in total. The molecule has 2 N–H and O–H groups in total. The zero-order valence-corrected chi connectivity index (χ0v) is 10.8. The largest absolute Gasteiger partial charge is 0.329 e. The van der Waals surface area contributed by atoms with Crippen LogP contribution in [-0.4, -0.2) is 29.0 Å². The van der Waals surface area contributed by atoms with Crippen molar-refractivity contribution in [2.24, 2.45) is 5.73 Å². The van der Waals surface area contributed by atoms with Crippen molar-refractivity contribution in [1.82, 2.24) is 9.88 Å². The molecule has 1 aromatic rings. The molecule has 1 heterocycles. The van der Waals surface area contributed by atoms with E-state index < -0.39 is 0 Å². The van der Waals surface area contributed by atoms with Crippen molar-refractivity contribution in [3.8, 4) is 0 Å². The van der Waals surface area contributed by atoms with Crippen LogP contribution in [0.4, 0.5) is 0 Å². The molecule has 0 spiro atoms. The molecule has 1 atom stereocenters. The van der Waals surface area contributed by atoms with Crippen LogP contribution in [0.3, 0.4) is 0 Å². The van der Waals surface area contributed by atoms with E-state index in [0.29, 0.717) is 12.6 Å². The van der Waals surface area contributed by atoms with Gasteiger partial charge in [0, 0.05) is 31.0 Å². The fourth-order valence-electron chi connectivity index (χ4n) is 2.21. The first-order chi connectivity index (χ1) is 7.61. The van der Waals surface area contributed by atoms with Gasteiger partial charge in [-0.2, -0.15) is 0 Å². The minimum atomic E-state index is 0.277. The highest BCUT2D eigenvalue weighted by Crippen LogP contribution is 2.23. The molecule has 90 valence electrons. The summed E-state index contributed by atoms with van der Waals surface area (Å²) in [5, 5.41) is 0. The van der Waals surface area contributed by atoms with E-state index in [4.69, 9.17) is 5.73 Å². The molecule has 0 fully saturated rings. The van der Waals surface area contributed by atoms with Crippen molar-refractivity contribution in [1.29, 1.82) is 0 Å². The molecule has 1 rings (SSSR count). The molecule has 0 saturated heterocycles. The van der Waals surface area contributed by atoms with E-state index in [-0.39, 0.29) is 6.04 Å². The van der Waals surface area contributed by atoms with Crippen LogP contribution in [0.15, 0.2) is 18.5 Å². The molecule has 0 bridgehead atoms. The third kappa shape index (κ3) is 2.80. The lowest BCUT2D eigenvalue weighted by Gasteiger charge is -2.34. The van der Waals surface area contributed by atoms with Gasteiger partial charge in [-0.1, -0.05) is 6.92 Å². The van der Waals surface area contributed by atoms with Crippen LogP contribution < -0.4 is 5.73 Å². The van der Waals surface area contributed by atoms with Crippen molar-refractivity contribution < 1.29 is 0 Å². The van der Waals surface area contributed by atoms with E-state index in [9.17, 15) is 0 Å². The molecule has 0 aliphatic heterocycles. The van der Waals surface area contributed by atoms with Gasteiger partial charge < -0.3 is 5.73 Å². The van der Waals surface area contributed by atoms with Gasteiger partial charge in [-0.3, -0.25) is 9.88 Å². The normalized spacial score (nSPS) is 13.4. The molecule has 0 aliphatic rings. The average molecular weight is 221 g/mol. The minimum Gasteiger partial charge on any atom is -0.329 e. The van der Waals surface area contributed by atoms with E-state index in [1.54, 1.807) is 0 Å². The number of nitrogens with zero attached hydrogens (tertiary/aromatic N) is 2. The van der Waals surface area contributed by atoms with E-state index in [2.05, 4.69) is 37.6 Å². The van der Waals surface area contributed by atoms with Gasteiger partial charge in [-0.05, 0) is 44.5 Å². The van der Waals surface area contributed by atoms with Gasteiger partial charge in [0.15, 0.2) is 0 Å². The van der Waals surface area contributed by atoms with Crippen molar-refractivity contribution in [3.05, 3.63) is 29.6 Å². The Morgan fingerprint density at radius 3 is 2.56 bits per heavy atom. The summed E-state index contributed by atoms with van der Waals surface area (Å²) in [6, 6.07) is 2.82. The van der Waals surface area contributed by atoms with Crippen LogP contribution in [0.1, 0.15) is 37.9 Å². The zero-order chi connectivity index (χ0) is 12.1. The first kappa shape index (κ1) is 13.1. The Kier molecular flexibility index (Phi) is 4.90. The van der Waals surface area contributed by atoms with Crippen LogP contribution in [0.5, 0.6) is 0 Å². The predicted octanol–water partition coefficient (Wildman–Crippen LogP) is 2.12. The van der Waals surface area contributed by atoms with E-state index >= 15 is 0 Å². The number of likely N-dealkylation sites (N-methyl/N-ethyl adjacent to an activating group) is 1. The third-order valence-electron chi connectivity index (χ3n) is 3.09. The number of hydrogen-bond donors (Lipinski definition) is 1. The molecule has 0 aromatic carbocycles. The van der Waals surface area contributed by atoms with Gasteiger partial charge in [0.25, 0.3) is 0 Å². The smallest absolute Gasteiger partial charge is 0.0490 e. The van der Waals surface area contributed by atoms with Crippen LogP contribution in [-0.2, 0) is 0 Å². The van der Waals surface area contributed by atoms with Gasteiger partial charge in [0.05, 0.1) is 0 Å². The second-order valence-electron chi connectivity index (χ2n) is 4.41. The second kappa shape index (κ2) is 5.97. The van der Waals surface area contributed by atoms with Crippen LogP contribution in [0, 0.1) is 6.92 Å². The topological polar surface area (TPSA) is 42.1 Å². The fraction of sp³-hybridized carbons (Fsp3) is 0.615. The Morgan fingerprint density at radius 2 is 2.12 bits per heavy atom. The summed E-state index contributed by atoms with van der Waals surface area (Å²) in [5.41, 5.74) is 8.44. The molecule has 1 aromatic heterocycles. The Bertz CT molecular complexity index is 323. The predicted molar refractivity (Wildman–Crippen MR) is 68.3 cm³/mol. The molecule has 1 unspecified atom stereocenters. The van der Waals surface area contributed by atoms with Crippen LogP contribution in [0.25, 0.3) is 0 Å². The molecule has 3 heteroatoms. The maximum absolute atomic E-state index is 5.92. The van der Waals surface area contributed by atoms with Crippen molar-refractivity contribution >= 4 is 0 Å². The minimum absolute atomic E-state index is 0.277. The highest BCUT2D eigenvalue weighted by molar-refractivity contribution is 5.25. The maximum atomic E-state index is 5.92. The molecule has 16 heavy (non-hydrogen) atoms. The number of rotatable bonds is 5. The molecular formula is C13H23N3. The number of pyridine rings is 1. The molecular weight excluding hydrogens is 198 g/mol. The SMILES string of the molecule is CCN(C(C)C)C(CN)c1cnccc1C. The Hall–Kier alpha value is -0.930. The summed E-state index contributed by atoms with van der Waals surface area (Å²) in [5.74, 6) is 0. The number of nitrogens with two attached hydrogens (primary N) is 1. The summed E-state index contributed by atoms with van der Waals surface area (Å²) < 4.78 is 0. The number of hydrogen-bond acceptors (Lipinski definition) is 3. The quantitative estimate of drug-likeness (QED) is 0.828. The lowest BCUT2D eigenvalue weighted by atomic mass is 10.0. The van der Waals surface area contributed by atoms with Crippen LogP contribution >= 0.6 is 0 Å². The summed E-state index contributed by atoms with van der Waals surface area (Å²) in [7, 11) is 0. The third-order valence-corrected chi connectivity index (χ3v) is 3.09. The average Bonchev–Trinajstić information content (AvgIpc) is 2.26. The van der Waals surface area contributed by atoms with Gasteiger partial charge in [0.2, 0.25) is 0 Å². The zero-order valence-electron chi connectivity index (χ0n) is 10.8. The Morgan fingerprint density at radius 1 is 1.44 bits per heavy atom. The van der Waals surface area contributed by atoms with Crippen molar-refractivity contribution in [2.45, 2.75) is 39.8 Å². The summed E-state index contributed by atoms with van der Waals surface area (Å²) in [6.45, 7) is 10.4. The summed E-state index contributed by atoms with van der Waals surface area (Å²) >= 11 is 0. The highest BCUT2D eigenvalue weighted by Gasteiger charge is 2.21. The fourth-order valence-corrected chi connectivity index (χ4v) is 2.21. The molecule has 0 radical (unpaired) electrons. The van der Waals surface area contributed by atoms with E-state index in [1.165, 1.54) is 11.1 Å². The van der Waals surface area contributed by atoms with Gasteiger partial charge >= 0.3 is 0 Å². The standard InChI is InChI=1S/C13H23N3/c1-5-16(10(2)3)13(8-14)12-9-15-7-6-11(12)4/h6-7,9-10,13H,5,8,14H2,1-4H3. The van der Waals surface area contributed by atoms with E-state index in [0.717, 1.165) is 6.54 Å². The Balaban J connectivity index is 3.02. The van der Waals surface area contributed by atoms with E-state index in [1.807, 2.05) is 18.5 Å². The van der Waals surface area contributed by atoms with Gasteiger partial charge in [-0.15, -0.1) is 0 Å². The first-order valence-corrected chi connectivity index (χ1v) is 5.98. The molecule has 0 aliphatic carbocycles. The van der Waals surface area contributed by atoms with Gasteiger partial charge in [0.1, 0.15) is 0 Å². The molecule has 0 saturated carbocycles. The monoisotopic (exact) mass is 221 g/mol. The number of aryl methyl sites for hydroxylation is 1.